The molecule has 0 radical (unpaired) electrons. The molecule has 190 valence electrons. The molecule has 8 heteroatoms. The van der Waals surface area contributed by atoms with E-state index in [1.807, 2.05) is 13.8 Å². The number of hydrogen-bond acceptors (Lipinski definition) is 5. The molecule has 0 bridgehead atoms. The Morgan fingerprint density at radius 3 is 2.45 bits per heavy atom. The third-order valence-electron chi connectivity index (χ3n) is 6.03. The highest BCUT2D eigenvalue weighted by molar-refractivity contribution is 6.04. The summed E-state index contributed by atoms with van der Waals surface area (Å²) >= 11 is 0. The number of carbonyl (C=O) groups is 2. The minimum Gasteiger partial charge on any atom is -0.354 e. The minimum atomic E-state index is -0.633. The van der Waals surface area contributed by atoms with Crippen LogP contribution in [0.3, 0.4) is 0 Å². The molecule has 4 rings (SSSR count). The van der Waals surface area contributed by atoms with Crippen molar-refractivity contribution in [1.29, 1.82) is 0 Å². The lowest BCUT2D eigenvalue weighted by atomic mass is 9.89. The van der Waals surface area contributed by atoms with Gasteiger partial charge in [0.15, 0.2) is 0 Å². The van der Waals surface area contributed by atoms with Crippen molar-refractivity contribution in [3.63, 3.8) is 0 Å². The first-order valence-electron chi connectivity index (χ1n) is 11.8. The number of aromatic nitrogens is 3. The Hall–Kier alpha value is -4.90. The fraction of sp³-hybridized carbons (Fsp3) is 0.167. The van der Waals surface area contributed by atoms with E-state index in [2.05, 4.69) is 31.5 Å². The maximum atomic E-state index is 15.0. The van der Waals surface area contributed by atoms with Crippen LogP contribution in [-0.4, -0.2) is 33.8 Å². The van der Waals surface area contributed by atoms with Crippen LogP contribution in [0.2, 0.25) is 0 Å². The van der Waals surface area contributed by atoms with Gasteiger partial charge < -0.3 is 10.6 Å². The van der Waals surface area contributed by atoms with Crippen LogP contribution < -0.4 is 10.6 Å². The van der Waals surface area contributed by atoms with Gasteiger partial charge in [0, 0.05) is 47.5 Å². The number of benzene rings is 1. The van der Waals surface area contributed by atoms with E-state index < -0.39 is 11.2 Å². The summed E-state index contributed by atoms with van der Waals surface area (Å²) in [4.78, 5) is 37.9. The van der Waals surface area contributed by atoms with Gasteiger partial charge in [-0.3, -0.25) is 24.5 Å². The molecule has 3 aromatic heterocycles. The standard InChI is InChI=1S/C30H26FN5O2/c1-6-30(3,4)27-16-20(10-12-34-27)28(37)36-22-7-8-24(31)23(17-22)21-13-18(2)35-25(15-21)19-9-11-33-26(14-19)29(38)32-5/h1,7-17H,2-5H3,(H,32,38)(H,36,37). The third kappa shape index (κ3) is 5.57. The number of nitrogens with one attached hydrogen (secondary N) is 2. The molecule has 0 aliphatic heterocycles. The van der Waals surface area contributed by atoms with E-state index in [1.54, 1.807) is 49.4 Å². The van der Waals surface area contributed by atoms with Crippen LogP contribution in [0.5, 0.6) is 0 Å². The highest BCUT2D eigenvalue weighted by Gasteiger charge is 2.21. The monoisotopic (exact) mass is 507 g/mol. The fourth-order valence-corrected chi connectivity index (χ4v) is 3.83. The zero-order valence-corrected chi connectivity index (χ0v) is 21.5. The summed E-state index contributed by atoms with van der Waals surface area (Å²) in [6.45, 7) is 5.50. The molecular weight excluding hydrogens is 481 g/mol. The van der Waals surface area contributed by atoms with E-state index in [-0.39, 0.29) is 17.5 Å². The van der Waals surface area contributed by atoms with E-state index >= 15 is 0 Å². The molecule has 0 saturated heterocycles. The van der Waals surface area contributed by atoms with Gasteiger partial charge in [0.05, 0.1) is 16.8 Å². The van der Waals surface area contributed by atoms with E-state index in [4.69, 9.17) is 6.42 Å². The molecule has 38 heavy (non-hydrogen) atoms. The van der Waals surface area contributed by atoms with Crippen LogP contribution in [0, 0.1) is 25.1 Å². The van der Waals surface area contributed by atoms with Crippen molar-refractivity contribution in [2.24, 2.45) is 0 Å². The number of pyridine rings is 3. The molecule has 0 aliphatic carbocycles. The number of anilines is 1. The zero-order chi connectivity index (χ0) is 27.4. The van der Waals surface area contributed by atoms with Gasteiger partial charge in [-0.05, 0) is 80.9 Å². The Labute approximate surface area is 220 Å². The first-order chi connectivity index (χ1) is 18.1. The van der Waals surface area contributed by atoms with Crippen molar-refractivity contribution in [1.82, 2.24) is 20.3 Å². The highest BCUT2D eigenvalue weighted by atomic mass is 19.1. The van der Waals surface area contributed by atoms with Crippen molar-refractivity contribution >= 4 is 17.5 Å². The number of nitrogens with zero attached hydrogens (tertiary/aromatic N) is 3. The molecule has 0 aliphatic rings. The second kappa shape index (κ2) is 10.6. The summed E-state index contributed by atoms with van der Waals surface area (Å²) in [6.07, 6.45) is 8.67. The van der Waals surface area contributed by atoms with Gasteiger partial charge in [0.1, 0.15) is 11.5 Å². The maximum absolute atomic E-state index is 15.0. The molecule has 4 aromatic rings. The van der Waals surface area contributed by atoms with Crippen LogP contribution in [-0.2, 0) is 5.41 Å². The lowest BCUT2D eigenvalue weighted by Gasteiger charge is -2.17. The van der Waals surface area contributed by atoms with Crippen LogP contribution in [0.15, 0.2) is 67.0 Å². The topological polar surface area (TPSA) is 96.9 Å². The first kappa shape index (κ1) is 26.2. The van der Waals surface area contributed by atoms with Crippen LogP contribution >= 0.6 is 0 Å². The van der Waals surface area contributed by atoms with Crippen molar-refractivity contribution in [2.75, 3.05) is 12.4 Å². The van der Waals surface area contributed by atoms with E-state index in [0.29, 0.717) is 45.0 Å². The number of aryl methyl sites for hydroxylation is 1. The second-order valence-corrected chi connectivity index (χ2v) is 9.24. The van der Waals surface area contributed by atoms with Gasteiger partial charge in [-0.1, -0.05) is 5.92 Å². The van der Waals surface area contributed by atoms with Crippen molar-refractivity contribution < 1.29 is 14.0 Å². The summed E-state index contributed by atoms with van der Waals surface area (Å²) in [5, 5.41) is 5.37. The molecule has 2 N–H and O–H groups in total. The predicted octanol–water partition coefficient (Wildman–Crippen LogP) is 5.18. The normalized spacial score (nSPS) is 10.9. The van der Waals surface area contributed by atoms with Crippen molar-refractivity contribution in [3.8, 4) is 34.7 Å². The second-order valence-electron chi connectivity index (χ2n) is 9.24. The molecule has 0 spiro atoms. The predicted molar refractivity (Wildman–Crippen MR) is 145 cm³/mol. The first-order valence-corrected chi connectivity index (χ1v) is 11.8. The Bertz CT molecular complexity index is 1590. The molecular formula is C30H26FN5O2. The molecule has 3 heterocycles. The third-order valence-corrected chi connectivity index (χ3v) is 6.03. The number of halogens is 1. The number of hydrogen-bond donors (Lipinski definition) is 2. The molecule has 0 unspecified atom stereocenters. The Balaban J connectivity index is 1.66. The maximum Gasteiger partial charge on any atom is 0.269 e. The Kier molecular flexibility index (Phi) is 7.31. The summed E-state index contributed by atoms with van der Waals surface area (Å²) in [5.41, 5.74) is 3.76. The number of terminal acetylenes is 1. The number of carbonyl (C=O) groups excluding carboxylic acids is 2. The molecule has 0 saturated carbocycles. The van der Waals surface area contributed by atoms with E-state index in [9.17, 15) is 14.0 Å². The van der Waals surface area contributed by atoms with Crippen LogP contribution in [0.25, 0.3) is 22.4 Å². The van der Waals surface area contributed by atoms with Crippen LogP contribution in [0.4, 0.5) is 10.1 Å². The summed E-state index contributed by atoms with van der Waals surface area (Å²) in [7, 11) is 1.53. The average Bonchev–Trinajstić information content (AvgIpc) is 2.93. The van der Waals surface area contributed by atoms with Crippen molar-refractivity contribution in [2.45, 2.75) is 26.2 Å². The molecule has 1 aromatic carbocycles. The van der Waals surface area contributed by atoms with E-state index in [0.717, 1.165) is 0 Å². The molecule has 7 nitrogen and oxygen atoms in total. The summed E-state index contributed by atoms with van der Waals surface area (Å²) in [5.74, 6) is 1.53. The molecule has 0 atom stereocenters. The number of amides is 2. The smallest absolute Gasteiger partial charge is 0.269 e. The van der Waals surface area contributed by atoms with E-state index in [1.165, 1.54) is 31.6 Å². The van der Waals surface area contributed by atoms with Gasteiger partial charge in [-0.25, -0.2) is 4.39 Å². The quantitative estimate of drug-likeness (QED) is 0.351. The zero-order valence-electron chi connectivity index (χ0n) is 21.5. The van der Waals surface area contributed by atoms with Gasteiger partial charge in [0.2, 0.25) is 0 Å². The van der Waals surface area contributed by atoms with Gasteiger partial charge in [0.25, 0.3) is 11.8 Å². The van der Waals surface area contributed by atoms with Gasteiger partial charge in [-0.2, -0.15) is 0 Å². The molecule has 2 amide bonds. The fourth-order valence-electron chi connectivity index (χ4n) is 3.83. The summed E-state index contributed by atoms with van der Waals surface area (Å²) in [6, 6.07) is 14.5. The average molecular weight is 508 g/mol. The molecule has 0 fully saturated rings. The lowest BCUT2D eigenvalue weighted by molar-refractivity contribution is 0.0957. The van der Waals surface area contributed by atoms with Crippen LogP contribution in [0.1, 0.15) is 46.1 Å². The largest absolute Gasteiger partial charge is 0.354 e. The SMILES string of the molecule is C#CC(C)(C)c1cc(C(=O)Nc2ccc(F)c(-c3cc(C)nc(-c4ccnc(C(=O)NC)c4)c3)c2)ccn1. The minimum absolute atomic E-state index is 0.246. The Morgan fingerprint density at radius 2 is 1.71 bits per heavy atom. The van der Waals surface area contributed by atoms with Gasteiger partial charge in [-0.15, -0.1) is 6.42 Å². The van der Waals surface area contributed by atoms with Crippen molar-refractivity contribution in [3.05, 3.63) is 95.5 Å². The highest BCUT2D eigenvalue weighted by Crippen LogP contribution is 2.30. The Morgan fingerprint density at radius 1 is 0.947 bits per heavy atom. The lowest BCUT2D eigenvalue weighted by Crippen LogP contribution is -2.19. The van der Waals surface area contributed by atoms with Gasteiger partial charge >= 0.3 is 0 Å². The number of rotatable bonds is 6. The summed E-state index contributed by atoms with van der Waals surface area (Å²) < 4.78 is 15.0.